The lowest BCUT2D eigenvalue weighted by molar-refractivity contribution is -0.384. The molecule has 0 radical (unpaired) electrons. The fraction of sp³-hybridized carbons (Fsp3) is 0.294. The summed E-state index contributed by atoms with van der Waals surface area (Å²) in [6.07, 6.45) is 0.647. The number of carbonyl (C=O) groups is 2. The zero-order valence-electron chi connectivity index (χ0n) is 15.2. The molecule has 0 spiro atoms. The molecule has 0 aliphatic carbocycles. The van der Waals surface area contributed by atoms with E-state index < -0.39 is 23.4 Å². The molecule has 28 heavy (non-hydrogen) atoms. The van der Waals surface area contributed by atoms with Gasteiger partial charge >= 0.3 is 5.97 Å². The second-order valence-corrected chi connectivity index (χ2v) is 5.54. The number of aromatic nitrogens is 2. The van der Waals surface area contributed by atoms with Gasteiger partial charge in [0.15, 0.2) is 12.3 Å². The number of rotatable bonds is 8. The lowest BCUT2D eigenvalue weighted by Gasteiger charge is -2.09. The summed E-state index contributed by atoms with van der Waals surface area (Å²) in [5.41, 5.74) is -0.923. The molecule has 2 aromatic rings. The minimum absolute atomic E-state index is 0.0681. The smallest absolute Gasteiger partial charge is 0.359 e. The fourth-order valence-corrected chi connectivity index (χ4v) is 2.22. The Kier molecular flexibility index (Phi) is 6.79. The van der Waals surface area contributed by atoms with Crippen molar-refractivity contribution >= 4 is 23.3 Å². The van der Waals surface area contributed by atoms with Gasteiger partial charge in [0.25, 0.3) is 17.2 Å². The van der Waals surface area contributed by atoms with Crippen LogP contribution in [0.2, 0.25) is 0 Å². The van der Waals surface area contributed by atoms with E-state index in [2.05, 4.69) is 10.4 Å². The quantitative estimate of drug-likeness (QED) is 0.404. The van der Waals surface area contributed by atoms with Crippen molar-refractivity contribution in [1.82, 2.24) is 9.78 Å². The second kappa shape index (κ2) is 9.26. The van der Waals surface area contributed by atoms with Gasteiger partial charge in [-0.2, -0.15) is 5.10 Å². The molecule has 11 heteroatoms. The highest BCUT2D eigenvalue weighted by Gasteiger charge is 2.19. The average molecular weight is 390 g/mol. The van der Waals surface area contributed by atoms with Crippen LogP contribution in [0.25, 0.3) is 0 Å². The molecule has 0 saturated carbocycles. The number of methoxy groups -OCH3 is 1. The molecule has 0 fully saturated rings. The van der Waals surface area contributed by atoms with Gasteiger partial charge in [0, 0.05) is 12.6 Å². The number of hydrogen-bond donors (Lipinski definition) is 1. The molecule has 0 aliphatic rings. The van der Waals surface area contributed by atoms with Crippen molar-refractivity contribution in [2.45, 2.75) is 19.9 Å². The number of carbonyl (C=O) groups excluding carboxylic acids is 2. The van der Waals surface area contributed by atoms with E-state index in [-0.39, 0.29) is 28.4 Å². The van der Waals surface area contributed by atoms with Gasteiger partial charge < -0.3 is 14.8 Å². The predicted molar refractivity (Wildman–Crippen MR) is 97.3 cm³/mol. The van der Waals surface area contributed by atoms with Gasteiger partial charge in [0.2, 0.25) is 0 Å². The summed E-state index contributed by atoms with van der Waals surface area (Å²) >= 11 is 0. The second-order valence-electron chi connectivity index (χ2n) is 5.54. The molecular formula is C17H18N4O7. The number of nitrogens with one attached hydrogen (secondary N) is 1. The van der Waals surface area contributed by atoms with Crippen LogP contribution in [0.1, 0.15) is 23.8 Å². The Morgan fingerprint density at radius 3 is 2.68 bits per heavy atom. The summed E-state index contributed by atoms with van der Waals surface area (Å²) in [4.78, 5) is 46.0. The van der Waals surface area contributed by atoms with E-state index >= 15 is 0 Å². The van der Waals surface area contributed by atoms with Gasteiger partial charge in [-0.25, -0.2) is 9.48 Å². The van der Waals surface area contributed by atoms with Crippen molar-refractivity contribution < 1.29 is 24.0 Å². The average Bonchev–Trinajstić information content (AvgIpc) is 2.68. The molecule has 0 aliphatic heterocycles. The van der Waals surface area contributed by atoms with Gasteiger partial charge in [-0.1, -0.05) is 6.92 Å². The Morgan fingerprint density at radius 1 is 1.29 bits per heavy atom. The third kappa shape index (κ3) is 5.13. The van der Waals surface area contributed by atoms with Crippen molar-refractivity contribution in [3.05, 3.63) is 56.5 Å². The van der Waals surface area contributed by atoms with E-state index in [1.54, 1.807) is 0 Å². The number of benzene rings is 1. The van der Waals surface area contributed by atoms with Gasteiger partial charge in [-0.15, -0.1) is 0 Å². The first-order valence-corrected chi connectivity index (χ1v) is 8.23. The first kappa shape index (κ1) is 20.6. The minimum Gasteiger partial charge on any atom is -0.496 e. The highest BCUT2D eigenvalue weighted by atomic mass is 16.6. The Bertz CT molecular complexity index is 955. The first-order chi connectivity index (χ1) is 13.3. The van der Waals surface area contributed by atoms with E-state index in [1.165, 1.54) is 31.4 Å². The molecule has 0 unspecified atom stereocenters. The van der Waals surface area contributed by atoms with Crippen LogP contribution in [-0.2, 0) is 16.1 Å². The van der Waals surface area contributed by atoms with Crippen LogP contribution >= 0.6 is 0 Å². The van der Waals surface area contributed by atoms with Gasteiger partial charge in [0.05, 0.1) is 18.1 Å². The Labute approximate surface area is 159 Å². The molecule has 1 heterocycles. The third-order valence-electron chi connectivity index (χ3n) is 3.52. The Hall–Kier alpha value is -3.76. The van der Waals surface area contributed by atoms with Crippen molar-refractivity contribution in [3.63, 3.8) is 0 Å². The number of esters is 1. The zero-order chi connectivity index (χ0) is 20.7. The highest BCUT2D eigenvalue weighted by molar-refractivity contribution is 5.96. The number of nitro groups is 1. The molecule has 1 N–H and O–H groups in total. The SMILES string of the molecule is CCCn1nc(C(=O)OCC(=O)Nc2ccc(OC)cc2[N+](=O)[O-])ccc1=O. The van der Waals surface area contributed by atoms with Crippen LogP contribution in [0.15, 0.2) is 35.1 Å². The minimum atomic E-state index is -0.899. The number of hydrogen-bond acceptors (Lipinski definition) is 8. The highest BCUT2D eigenvalue weighted by Crippen LogP contribution is 2.28. The van der Waals surface area contributed by atoms with E-state index in [0.717, 1.165) is 10.7 Å². The fourth-order valence-electron chi connectivity index (χ4n) is 2.22. The molecule has 1 aromatic heterocycles. The summed E-state index contributed by atoms with van der Waals surface area (Å²) in [6.45, 7) is 1.50. The first-order valence-electron chi connectivity index (χ1n) is 8.23. The lowest BCUT2D eigenvalue weighted by Crippen LogP contribution is -2.26. The van der Waals surface area contributed by atoms with Gasteiger partial charge in [-0.05, 0) is 24.6 Å². The lowest BCUT2D eigenvalue weighted by atomic mass is 10.2. The Balaban J connectivity index is 2.03. The van der Waals surface area contributed by atoms with Crippen LogP contribution in [0, 0.1) is 10.1 Å². The number of aryl methyl sites for hydroxylation is 1. The number of nitrogens with zero attached hydrogens (tertiary/aromatic N) is 3. The monoisotopic (exact) mass is 390 g/mol. The van der Waals surface area contributed by atoms with Crippen LogP contribution in [-0.4, -0.2) is 40.3 Å². The van der Waals surface area contributed by atoms with Gasteiger partial charge in [-0.3, -0.25) is 19.7 Å². The van der Waals surface area contributed by atoms with Crippen molar-refractivity contribution in [1.29, 1.82) is 0 Å². The number of ether oxygens (including phenoxy) is 2. The zero-order valence-corrected chi connectivity index (χ0v) is 15.2. The van der Waals surface area contributed by atoms with Gasteiger partial charge in [0.1, 0.15) is 11.4 Å². The molecule has 1 amide bonds. The molecule has 0 saturated heterocycles. The predicted octanol–water partition coefficient (Wildman–Crippen LogP) is 1.37. The molecule has 1 aromatic carbocycles. The van der Waals surface area contributed by atoms with E-state index in [0.29, 0.717) is 13.0 Å². The summed E-state index contributed by atoms with van der Waals surface area (Å²) in [5, 5.41) is 17.3. The molecule has 11 nitrogen and oxygen atoms in total. The van der Waals surface area contributed by atoms with Crippen molar-refractivity contribution in [3.8, 4) is 5.75 Å². The maximum Gasteiger partial charge on any atom is 0.359 e. The number of nitro benzene ring substituents is 1. The van der Waals surface area contributed by atoms with Crippen LogP contribution < -0.4 is 15.6 Å². The van der Waals surface area contributed by atoms with E-state index in [9.17, 15) is 24.5 Å². The maximum atomic E-state index is 12.0. The normalized spacial score (nSPS) is 10.2. The summed E-state index contributed by atoms with van der Waals surface area (Å²) in [7, 11) is 1.36. The van der Waals surface area contributed by atoms with Crippen LogP contribution in [0.4, 0.5) is 11.4 Å². The molecule has 0 bridgehead atoms. The number of anilines is 1. The summed E-state index contributed by atoms with van der Waals surface area (Å²) in [5.74, 6) is -1.42. The Morgan fingerprint density at radius 2 is 2.04 bits per heavy atom. The van der Waals surface area contributed by atoms with Crippen LogP contribution in [0.5, 0.6) is 5.75 Å². The molecule has 2 rings (SSSR count). The van der Waals surface area contributed by atoms with Crippen molar-refractivity contribution in [2.75, 3.05) is 19.0 Å². The summed E-state index contributed by atoms with van der Waals surface area (Å²) in [6, 6.07) is 6.28. The molecular weight excluding hydrogens is 372 g/mol. The van der Waals surface area contributed by atoms with E-state index in [4.69, 9.17) is 9.47 Å². The number of amides is 1. The topological polar surface area (TPSA) is 143 Å². The molecule has 0 atom stereocenters. The van der Waals surface area contributed by atoms with Crippen molar-refractivity contribution in [2.24, 2.45) is 0 Å². The summed E-state index contributed by atoms with van der Waals surface area (Å²) < 4.78 is 10.9. The largest absolute Gasteiger partial charge is 0.496 e. The van der Waals surface area contributed by atoms with E-state index in [1.807, 2.05) is 6.92 Å². The standard InChI is InChI=1S/C17H18N4O7/c1-3-8-20-16(23)7-6-13(19-20)17(24)28-10-15(22)18-12-5-4-11(27-2)9-14(12)21(25)26/h4-7,9H,3,8,10H2,1-2H3,(H,18,22). The maximum absolute atomic E-state index is 12.0. The molecule has 148 valence electrons. The van der Waals surface area contributed by atoms with Crippen LogP contribution in [0.3, 0.4) is 0 Å². The third-order valence-corrected chi connectivity index (χ3v) is 3.52.